The van der Waals surface area contributed by atoms with E-state index in [-0.39, 0.29) is 80.7 Å². The van der Waals surface area contributed by atoms with Crippen LogP contribution in [-0.2, 0) is 17.1 Å². The minimum atomic E-state index is 0. The zero-order valence-electron chi connectivity index (χ0n) is 9.62. The topological polar surface area (TPSA) is 178 Å². The van der Waals surface area contributed by atoms with Gasteiger partial charge in [0.15, 0.2) is 0 Å². The monoisotopic (exact) mass is 295 g/mol. The Morgan fingerprint density at radius 2 is 0.500 bits per heavy atom. The second-order valence-electron chi connectivity index (χ2n) is 0. The molecule has 0 aliphatic heterocycles. The van der Waals surface area contributed by atoms with Gasteiger partial charge in [0, 0.05) is 56.5 Å². The van der Waals surface area contributed by atoms with Crippen molar-refractivity contribution >= 4 is 0 Å². The Morgan fingerprint density at radius 1 is 0.500 bits per heavy atom. The first-order chi connectivity index (χ1) is 6.00. The van der Waals surface area contributed by atoms with E-state index in [4.69, 9.17) is 31.6 Å². The summed E-state index contributed by atoms with van der Waals surface area (Å²) in [6.45, 7) is 21.0. The average Bonchev–Trinajstić information content (AvgIpc) is 2.33. The molecule has 0 fully saturated rings. The van der Waals surface area contributed by atoms with Crippen LogP contribution in [0.1, 0.15) is 1.43 Å². The number of nitriles is 6. The van der Waals surface area contributed by atoms with Gasteiger partial charge in [-0.2, -0.15) is 0 Å². The Balaban J connectivity index is -0.00000000267. The first kappa shape index (κ1) is 118. The largest absolute Gasteiger partial charge is 1.00 e. The van der Waals surface area contributed by atoms with Crippen LogP contribution in [0.5, 0.6) is 0 Å². The zero-order valence-corrected chi connectivity index (χ0v) is 12.8. The fourth-order valence-electron chi connectivity index (χ4n) is 0. The summed E-state index contributed by atoms with van der Waals surface area (Å²) in [5.41, 5.74) is 0. The Kier molecular flexibility index (Phi) is 16900. The van der Waals surface area contributed by atoms with Crippen molar-refractivity contribution in [1.29, 1.82) is 31.6 Å². The van der Waals surface area contributed by atoms with E-state index in [9.17, 15) is 0 Å². The summed E-state index contributed by atoms with van der Waals surface area (Å²) >= 11 is 0. The van der Waals surface area contributed by atoms with Gasteiger partial charge in [0.1, 0.15) is 0 Å². The molecule has 0 bridgehead atoms. The van der Waals surface area contributed by atoms with E-state index in [1.54, 1.807) is 0 Å². The van der Waals surface area contributed by atoms with E-state index in [1.165, 1.54) is 0 Å². The van der Waals surface area contributed by atoms with Gasteiger partial charge in [-0.15, -0.1) is 0 Å². The fourth-order valence-corrected chi connectivity index (χ4v) is 0. The van der Waals surface area contributed by atoms with Crippen LogP contribution in [-0.4, -0.2) is 0 Å². The van der Waals surface area contributed by atoms with Gasteiger partial charge in [0.05, 0.1) is 0 Å². The number of halogens is 1. The molecule has 0 saturated carbocycles. The summed E-state index contributed by atoms with van der Waals surface area (Å²) in [5.74, 6) is 0. The van der Waals surface area contributed by atoms with Crippen LogP contribution in [0.4, 0.5) is 4.70 Å². The third kappa shape index (κ3) is 1810. The zero-order chi connectivity index (χ0) is 12.0. The molecule has 0 aromatic heterocycles. The molecule has 0 unspecified atom stereocenters. The summed E-state index contributed by atoms with van der Waals surface area (Å²) in [5, 5.41) is 39.0. The molecule has 0 heterocycles. The Morgan fingerprint density at radius 3 is 0.500 bits per heavy atom. The van der Waals surface area contributed by atoms with Crippen LogP contribution in [0, 0.1) is 71.0 Å². The summed E-state index contributed by atoms with van der Waals surface area (Å²) in [6, 6.07) is 0. The smallest absolute Gasteiger partial charge is 1.00 e. The van der Waals surface area contributed by atoms with E-state index in [1.807, 2.05) is 0 Å². The molecular weight excluding hydrogens is 284 g/mol. The molecule has 0 aliphatic rings. The van der Waals surface area contributed by atoms with E-state index < -0.39 is 0 Å². The van der Waals surface area contributed by atoms with Crippen molar-refractivity contribution in [2.45, 2.75) is 0 Å². The van der Waals surface area contributed by atoms with Crippen LogP contribution >= 0.6 is 0 Å². The molecule has 10 heteroatoms. The van der Waals surface area contributed by atoms with Gasteiger partial charge in [-0.1, -0.05) is 0 Å². The molecule has 0 atom stereocenters. The number of hydrogen-bond donors (Lipinski definition) is 1. The van der Waals surface area contributed by atoms with Gasteiger partial charge < -0.3 is 7.58 Å². The van der Waals surface area contributed by atoms with Crippen molar-refractivity contribution in [1.82, 2.24) is 6.15 Å². The predicted molar refractivity (Wildman–Crippen MR) is 48.7 cm³/mol. The molecule has 16 heavy (non-hydrogen) atoms. The number of rotatable bonds is 0. The predicted octanol–water partition coefficient (Wildman–Crippen LogP) is -1.73. The maximum atomic E-state index is 6.50. The van der Waals surface area contributed by atoms with E-state index in [2.05, 4.69) is 39.4 Å². The summed E-state index contributed by atoms with van der Waals surface area (Å²) in [4.78, 5) is 0. The quantitative estimate of drug-likeness (QED) is 0.515. The Bertz CT molecular complexity index is 109. The van der Waals surface area contributed by atoms with Crippen LogP contribution in [0.25, 0.3) is 0 Å². The molecule has 0 rings (SSSR count). The molecule has 0 amide bonds. The van der Waals surface area contributed by atoms with Crippen molar-refractivity contribution in [2.24, 2.45) is 0 Å². The molecular formula is C6H11FFeKN7. The van der Waals surface area contributed by atoms with Crippen LogP contribution < -0.4 is 57.5 Å². The van der Waals surface area contributed by atoms with Crippen LogP contribution in [0.15, 0.2) is 0 Å². The average molecular weight is 295 g/mol. The van der Waals surface area contributed by atoms with Crippen LogP contribution in [0.2, 0.25) is 0 Å². The number of nitrogens with zero attached hydrogens (tertiary/aromatic N) is 6. The first-order valence-corrected chi connectivity index (χ1v) is 1.55. The van der Waals surface area contributed by atoms with Crippen LogP contribution in [0.3, 0.4) is 0 Å². The Labute approximate surface area is 150 Å². The second kappa shape index (κ2) is 2290. The number of hydrogen-bond acceptors (Lipinski definition) is 7. The summed E-state index contributed by atoms with van der Waals surface area (Å²) in [6.07, 6.45) is 0. The van der Waals surface area contributed by atoms with Crippen molar-refractivity contribution < 1.29 is 74.6 Å². The summed E-state index contributed by atoms with van der Waals surface area (Å²) in [7, 11) is 0. The molecule has 0 saturated heterocycles. The van der Waals surface area contributed by atoms with Gasteiger partial charge in [0.25, 0.3) is 0 Å². The maximum Gasteiger partial charge on any atom is 1.00 e. The van der Waals surface area contributed by atoms with Crippen molar-refractivity contribution in [3.8, 4) is 39.4 Å². The minimum absolute atomic E-state index is 0. The van der Waals surface area contributed by atoms with Crippen molar-refractivity contribution in [3.05, 3.63) is 0 Å². The second-order valence-corrected chi connectivity index (χ2v) is 0. The van der Waals surface area contributed by atoms with E-state index in [0.29, 0.717) is 0 Å². The van der Waals surface area contributed by atoms with Gasteiger partial charge in [-0.3, -0.25) is 4.70 Å². The van der Waals surface area contributed by atoms with Crippen molar-refractivity contribution in [3.63, 3.8) is 0 Å². The SMILES string of the molecule is C#N.C#N.C#N.C#N.C#N.C#N.F.N.[Fe].[H-].[K+]. The maximum absolute atomic E-state index is 6.50. The molecule has 86 valence electrons. The molecule has 0 aliphatic carbocycles. The molecule has 7 nitrogen and oxygen atoms in total. The first-order valence-electron chi connectivity index (χ1n) is 1.55. The van der Waals surface area contributed by atoms with Gasteiger partial charge >= 0.3 is 51.4 Å². The molecule has 3 N–H and O–H groups in total. The summed E-state index contributed by atoms with van der Waals surface area (Å²) < 4.78 is 0. The van der Waals surface area contributed by atoms with Crippen molar-refractivity contribution in [2.75, 3.05) is 0 Å². The standard InChI is InChI=1S/6CHN.FH.Fe.K.H3N.H/c6*1-2;;;;;/h6*1H;1H;;;1H3;/q;;;;;;;;+1;;-1. The molecule has 0 aromatic rings. The third-order valence-corrected chi connectivity index (χ3v) is 0. The minimum Gasteiger partial charge on any atom is -1.00 e. The Hall–Kier alpha value is -1.01. The fraction of sp³-hybridized carbons (Fsp3) is 0. The van der Waals surface area contributed by atoms with E-state index in [0.717, 1.165) is 0 Å². The van der Waals surface area contributed by atoms with E-state index >= 15 is 0 Å². The normalized spacial score (nSPS) is 0.750. The van der Waals surface area contributed by atoms with Gasteiger partial charge in [-0.25, -0.2) is 31.6 Å². The third-order valence-electron chi connectivity index (χ3n) is 0. The molecule has 0 aromatic carbocycles. The van der Waals surface area contributed by atoms with Gasteiger partial charge in [-0.05, 0) is 0 Å². The molecule has 0 radical (unpaired) electrons. The molecule has 0 spiro atoms. The van der Waals surface area contributed by atoms with Gasteiger partial charge in [0.2, 0.25) is 0 Å².